The highest BCUT2D eigenvalue weighted by Gasteiger charge is 2.09. The minimum absolute atomic E-state index is 0.0415. The average molecular weight is 396 g/mol. The summed E-state index contributed by atoms with van der Waals surface area (Å²) in [5.41, 5.74) is 3.39. The predicted octanol–water partition coefficient (Wildman–Crippen LogP) is 3.53. The fraction of sp³-hybridized carbons (Fsp3) is 0.318. The molecule has 0 aliphatic rings. The van der Waals surface area contributed by atoms with E-state index in [-0.39, 0.29) is 30.3 Å². The van der Waals surface area contributed by atoms with Crippen LogP contribution in [0.3, 0.4) is 0 Å². The maximum Gasteiger partial charge on any atom is 0.251 e. The van der Waals surface area contributed by atoms with Gasteiger partial charge >= 0.3 is 0 Å². The predicted molar refractivity (Wildman–Crippen MR) is 116 cm³/mol. The van der Waals surface area contributed by atoms with Crippen molar-refractivity contribution in [1.29, 1.82) is 0 Å². The van der Waals surface area contributed by atoms with Crippen molar-refractivity contribution in [1.82, 2.24) is 5.32 Å². The number of carbonyl (C=O) groups excluding carboxylic acids is 3. The van der Waals surface area contributed by atoms with Crippen molar-refractivity contribution in [2.45, 2.75) is 40.2 Å². The van der Waals surface area contributed by atoms with E-state index in [0.29, 0.717) is 29.0 Å². The highest BCUT2D eigenvalue weighted by atomic mass is 16.2. The third-order valence-corrected chi connectivity index (χ3v) is 4.11. The van der Waals surface area contributed by atoms with Crippen LogP contribution in [0.25, 0.3) is 0 Å². The smallest absolute Gasteiger partial charge is 0.251 e. The van der Waals surface area contributed by atoms with Crippen molar-refractivity contribution in [3.63, 3.8) is 0 Å². The van der Waals surface area contributed by atoms with Crippen LogP contribution in [0.15, 0.2) is 42.5 Å². The number of benzene rings is 2. The van der Waals surface area contributed by atoms with Crippen molar-refractivity contribution in [3.8, 4) is 0 Å². The van der Waals surface area contributed by atoms with Crippen LogP contribution in [0, 0.1) is 6.92 Å². The molecule has 154 valence electrons. The van der Waals surface area contributed by atoms with Gasteiger partial charge in [0, 0.05) is 35.1 Å². The summed E-state index contributed by atoms with van der Waals surface area (Å²) in [6, 6.07) is 12.4. The zero-order valence-corrected chi connectivity index (χ0v) is 17.3. The molecule has 0 saturated carbocycles. The molecule has 0 aliphatic heterocycles. The Labute approximate surface area is 171 Å². The molecule has 2 rings (SSSR count). The van der Waals surface area contributed by atoms with Crippen molar-refractivity contribution in [2.75, 3.05) is 22.5 Å². The van der Waals surface area contributed by atoms with E-state index in [1.54, 1.807) is 43.3 Å². The third kappa shape index (κ3) is 6.95. The van der Waals surface area contributed by atoms with Crippen LogP contribution >= 0.6 is 0 Å². The fourth-order valence-corrected chi connectivity index (χ4v) is 2.58. The molecule has 0 fully saturated rings. The molecule has 29 heavy (non-hydrogen) atoms. The molecule has 0 unspecified atom stereocenters. The summed E-state index contributed by atoms with van der Waals surface area (Å²) in [4.78, 5) is 36.0. The molecule has 3 amide bonds. The summed E-state index contributed by atoms with van der Waals surface area (Å²) >= 11 is 0. The van der Waals surface area contributed by atoms with E-state index in [1.807, 2.05) is 26.8 Å². The van der Waals surface area contributed by atoms with Crippen LogP contribution < -0.4 is 21.3 Å². The minimum atomic E-state index is -0.237. The Morgan fingerprint density at radius 1 is 0.931 bits per heavy atom. The minimum Gasteiger partial charge on any atom is -0.376 e. The van der Waals surface area contributed by atoms with Crippen molar-refractivity contribution in [3.05, 3.63) is 53.6 Å². The normalized spacial score (nSPS) is 10.4. The number of anilines is 3. The van der Waals surface area contributed by atoms with E-state index in [9.17, 15) is 14.4 Å². The molecule has 0 radical (unpaired) electrons. The van der Waals surface area contributed by atoms with E-state index in [2.05, 4.69) is 21.3 Å². The van der Waals surface area contributed by atoms with E-state index < -0.39 is 0 Å². The van der Waals surface area contributed by atoms with Gasteiger partial charge in [0.2, 0.25) is 11.8 Å². The molecule has 2 aromatic carbocycles. The van der Waals surface area contributed by atoms with Crippen molar-refractivity contribution < 1.29 is 14.4 Å². The van der Waals surface area contributed by atoms with Crippen LogP contribution in [0.2, 0.25) is 0 Å². The highest BCUT2D eigenvalue weighted by molar-refractivity contribution is 5.97. The Morgan fingerprint density at radius 3 is 2.38 bits per heavy atom. The molecule has 4 N–H and O–H groups in total. The SMILES string of the molecule is CCC(=O)Nc1cc(NC(=O)CNc2cccc(C(=O)NC(C)C)c2)ccc1C. The first-order valence-corrected chi connectivity index (χ1v) is 9.63. The van der Waals surface area contributed by atoms with Gasteiger partial charge < -0.3 is 21.3 Å². The Balaban J connectivity index is 1.96. The van der Waals surface area contributed by atoms with Crippen LogP contribution in [-0.4, -0.2) is 30.3 Å². The number of hydrogen-bond donors (Lipinski definition) is 4. The molecule has 0 saturated heterocycles. The van der Waals surface area contributed by atoms with Gasteiger partial charge in [0.15, 0.2) is 0 Å². The number of carbonyl (C=O) groups is 3. The molecule has 7 heteroatoms. The van der Waals surface area contributed by atoms with Crippen molar-refractivity contribution in [2.24, 2.45) is 0 Å². The van der Waals surface area contributed by atoms with Gasteiger partial charge in [0.25, 0.3) is 5.91 Å². The summed E-state index contributed by atoms with van der Waals surface area (Å²) in [6.07, 6.45) is 0.383. The number of amides is 3. The average Bonchev–Trinajstić information content (AvgIpc) is 2.68. The second-order valence-corrected chi connectivity index (χ2v) is 7.04. The first-order chi connectivity index (χ1) is 13.8. The van der Waals surface area contributed by atoms with Gasteiger partial charge in [0.1, 0.15) is 0 Å². The first-order valence-electron chi connectivity index (χ1n) is 9.63. The van der Waals surface area contributed by atoms with E-state index >= 15 is 0 Å². The third-order valence-electron chi connectivity index (χ3n) is 4.11. The molecular weight excluding hydrogens is 368 g/mol. The lowest BCUT2D eigenvalue weighted by Gasteiger charge is -2.12. The van der Waals surface area contributed by atoms with Gasteiger partial charge in [-0.2, -0.15) is 0 Å². The summed E-state index contributed by atoms with van der Waals surface area (Å²) in [5.74, 6) is -0.479. The lowest BCUT2D eigenvalue weighted by molar-refractivity contribution is -0.116. The Bertz CT molecular complexity index is 893. The largest absolute Gasteiger partial charge is 0.376 e. The van der Waals surface area contributed by atoms with E-state index in [4.69, 9.17) is 0 Å². The molecule has 0 atom stereocenters. The summed E-state index contributed by atoms with van der Waals surface area (Å²) < 4.78 is 0. The topological polar surface area (TPSA) is 99.3 Å². The lowest BCUT2D eigenvalue weighted by atomic mass is 10.1. The standard InChI is InChI=1S/C22H28N4O3/c1-5-20(27)26-19-12-18(10-9-15(19)4)25-21(28)13-23-17-8-6-7-16(11-17)22(29)24-14(2)3/h6-12,14,23H,5,13H2,1-4H3,(H,24,29)(H,25,28)(H,26,27). The molecule has 0 bridgehead atoms. The second-order valence-electron chi connectivity index (χ2n) is 7.04. The zero-order chi connectivity index (χ0) is 21.4. The van der Waals surface area contributed by atoms with Gasteiger partial charge in [-0.25, -0.2) is 0 Å². The Kier molecular flexibility index (Phi) is 7.77. The van der Waals surface area contributed by atoms with Gasteiger partial charge in [-0.15, -0.1) is 0 Å². The van der Waals surface area contributed by atoms with Gasteiger partial charge in [-0.1, -0.05) is 19.1 Å². The summed E-state index contributed by atoms with van der Waals surface area (Å²) in [5, 5.41) is 11.5. The van der Waals surface area contributed by atoms with Crippen LogP contribution in [0.5, 0.6) is 0 Å². The Hall–Kier alpha value is -3.35. The van der Waals surface area contributed by atoms with Crippen LogP contribution in [-0.2, 0) is 9.59 Å². The van der Waals surface area contributed by atoms with Crippen LogP contribution in [0.4, 0.5) is 17.1 Å². The number of nitrogens with one attached hydrogen (secondary N) is 4. The Morgan fingerprint density at radius 2 is 1.69 bits per heavy atom. The fourth-order valence-electron chi connectivity index (χ4n) is 2.58. The maximum absolute atomic E-state index is 12.3. The molecule has 0 aliphatic carbocycles. The van der Waals surface area contributed by atoms with Crippen LogP contribution in [0.1, 0.15) is 43.1 Å². The van der Waals surface area contributed by atoms with E-state index in [1.165, 1.54) is 0 Å². The maximum atomic E-state index is 12.3. The highest BCUT2D eigenvalue weighted by Crippen LogP contribution is 2.20. The summed E-state index contributed by atoms with van der Waals surface area (Å²) in [6.45, 7) is 7.51. The number of aryl methyl sites for hydroxylation is 1. The van der Waals surface area contributed by atoms with Gasteiger partial charge in [0.05, 0.1) is 6.54 Å². The molecular formula is C22H28N4O3. The van der Waals surface area contributed by atoms with Crippen molar-refractivity contribution >= 4 is 34.8 Å². The molecule has 0 heterocycles. The number of rotatable bonds is 8. The summed E-state index contributed by atoms with van der Waals surface area (Å²) in [7, 11) is 0. The van der Waals surface area contributed by atoms with Gasteiger partial charge in [-0.3, -0.25) is 14.4 Å². The number of hydrogen-bond acceptors (Lipinski definition) is 4. The zero-order valence-electron chi connectivity index (χ0n) is 17.3. The second kappa shape index (κ2) is 10.3. The molecule has 0 spiro atoms. The molecule has 2 aromatic rings. The first kappa shape index (κ1) is 21.9. The monoisotopic (exact) mass is 396 g/mol. The molecule has 0 aromatic heterocycles. The van der Waals surface area contributed by atoms with E-state index in [0.717, 1.165) is 5.56 Å². The molecule has 7 nitrogen and oxygen atoms in total. The quantitative estimate of drug-likeness (QED) is 0.548. The lowest BCUT2D eigenvalue weighted by Crippen LogP contribution is -2.30. The van der Waals surface area contributed by atoms with Gasteiger partial charge in [-0.05, 0) is 56.7 Å².